The summed E-state index contributed by atoms with van der Waals surface area (Å²) in [6.07, 6.45) is 2.07. The van der Waals surface area contributed by atoms with E-state index in [0.717, 1.165) is 44.2 Å². The van der Waals surface area contributed by atoms with Crippen LogP contribution in [-0.4, -0.2) is 25.3 Å². The minimum atomic E-state index is -2.72. The van der Waals surface area contributed by atoms with Gasteiger partial charge in [0.2, 0.25) is 5.96 Å². The van der Waals surface area contributed by atoms with Gasteiger partial charge in [0.1, 0.15) is 0 Å². The van der Waals surface area contributed by atoms with Crippen LogP contribution < -0.4 is 20.7 Å². The normalized spacial score (nSPS) is 12.3. The zero-order valence-corrected chi connectivity index (χ0v) is 29.5. The SMILES string of the molecule is C=NC(=N/C(=C\C)c1cccc([Si](c2ccccc2)(c2ccccc2)c2ccccc2)c1)n1c2ccccc2c2ccc(-c3ccccc3)cc21. The van der Waals surface area contributed by atoms with Crippen LogP contribution in [0, 0.1) is 0 Å². The fourth-order valence-corrected chi connectivity index (χ4v) is 12.3. The number of para-hydroxylation sites is 1. The Bertz CT molecular complexity index is 2440. The molecule has 1 heterocycles. The molecule has 0 radical (unpaired) electrons. The van der Waals surface area contributed by atoms with E-state index in [1.54, 1.807) is 0 Å². The molecule has 244 valence electrons. The van der Waals surface area contributed by atoms with Gasteiger partial charge in [-0.25, -0.2) is 9.98 Å². The molecule has 7 aromatic carbocycles. The average Bonchev–Trinajstić information content (AvgIpc) is 3.54. The van der Waals surface area contributed by atoms with E-state index in [0.29, 0.717) is 5.96 Å². The predicted molar refractivity (Wildman–Crippen MR) is 221 cm³/mol. The van der Waals surface area contributed by atoms with Gasteiger partial charge in [-0.15, -0.1) is 0 Å². The molecule has 51 heavy (non-hydrogen) atoms. The molecule has 0 amide bonds. The Morgan fingerprint density at radius 3 is 1.63 bits per heavy atom. The summed E-state index contributed by atoms with van der Waals surface area (Å²) in [6.45, 7) is 6.09. The lowest BCUT2D eigenvalue weighted by Gasteiger charge is -2.34. The molecular formula is C47H37N3Si. The average molecular weight is 672 g/mol. The van der Waals surface area contributed by atoms with E-state index in [1.165, 1.54) is 20.7 Å². The van der Waals surface area contributed by atoms with Crippen LogP contribution in [0.5, 0.6) is 0 Å². The van der Waals surface area contributed by atoms with E-state index >= 15 is 0 Å². The highest BCUT2D eigenvalue weighted by Crippen LogP contribution is 2.33. The zero-order chi connectivity index (χ0) is 34.6. The minimum absolute atomic E-state index is 0.530. The molecule has 1 aromatic heterocycles. The Morgan fingerprint density at radius 2 is 1.04 bits per heavy atom. The number of rotatable bonds is 7. The second-order valence-corrected chi connectivity index (χ2v) is 16.4. The molecule has 0 spiro atoms. The van der Waals surface area contributed by atoms with Gasteiger partial charge in [0.15, 0.2) is 8.07 Å². The van der Waals surface area contributed by atoms with Gasteiger partial charge in [0.25, 0.3) is 0 Å². The van der Waals surface area contributed by atoms with Gasteiger partial charge in [-0.1, -0.05) is 182 Å². The molecule has 4 heteroatoms. The van der Waals surface area contributed by atoms with Crippen LogP contribution in [0.2, 0.25) is 0 Å². The van der Waals surface area contributed by atoms with Crippen molar-refractivity contribution < 1.29 is 0 Å². The smallest absolute Gasteiger partial charge is 0.234 e. The van der Waals surface area contributed by atoms with Gasteiger partial charge in [-0.3, -0.25) is 4.57 Å². The topological polar surface area (TPSA) is 29.6 Å². The Kier molecular flexibility index (Phi) is 8.67. The molecule has 0 aliphatic carbocycles. The maximum Gasteiger partial charge on any atom is 0.234 e. The van der Waals surface area contributed by atoms with Crippen LogP contribution in [0.3, 0.4) is 0 Å². The van der Waals surface area contributed by atoms with E-state index in [2.05, 4.69) is 204 Å². The summed E-state index contributed by atoms with van der Waals surface area (Å²) in [5.41, 5.74) is 6.24. The maximum absolute atomic E-state index is 5.30. The molecule has 0 unspecified atom stereocenters. The van der Waals surface area contributed by atoms with Gasteiger partial charge in [-0.05, 0) is 63.2 Å². The van der Waals surface area contributed by atoms with Crippen molar-refractivity contribution in [1.82, 2.24) is 4.57 Å². The van der Waals surface area contributed by atoms with E-state index in [4.69, 9.17) is 4.99 Å². The van der Waals surface area contributed by atoms with Crippen LogP contribution in [0.1, 0.15) is 12.5 Å². The number of hydrogen-bond donors (Lipinski definition) is 0. The first kappa shape index (κ1) is 31.9. The van der Waals surface area contributed by atoms with E-state index < -0.39 is 8.07 Å². The molecule has 0 saturated heterocycles. The second kappa shape index (κ2) is 13.9. The highest BCUT2D eigenvalue weighted by molar-refractivity contribution is 7.19. The Balaban J connectivity index is 1.32. The molecular weight excluding hydrogens is 635 g/mol. The van der Waals surface area contributed by atoms with Crippen LogP contribution in [0.4, 0.5) is 0 Å². The van der Waals surface area contributed by atoms with Gasteiger partial charge in [0, 0.05) is 10.8 Å². The quantitative estimate of drug-likeness (QED) is 0.0702. The van der Waals surface area contributed by atoms with Crippen molar-refractivity contribution in [3.63, 3.8) is 0 Å². The highest BCUT2D eigenvalue weighted by Gasteiger charge is 2.41. The van der Waals surface area contributed by atoms with Crippen molar-refractivity contribution >= 4 is 69.0 Å². The number of hydrogen-bond acceptors (Lipinski definition) is 1. The first-order valence-corrected chi connectivity index (χ1v) is 19.3. The third kappa shape index (κ3) is 5.66. The first-order chi connectivity index (χ1) is 25.2. The van der Waals surface area contributed by atoms with Crippen molar-refractivity contribution in [1.29, 1.82) is 0 Å². The molecule has 0 aliphatic heterocycles. The van der Waals surface area contributed by atoms with Crippen molar-refractivity contribution in [2.75, 3.05) is 0 Å². The van der Waals surface area contributed by atoms with Crippen LogP contribution >= 0.6 is 0 Å². The van der Waals surface area contributed by atoms with Crippen molar-refractivity contribution in [3.8, 4) is 11.1 Å². The Labute approximate surface area is 300 Å². The monoisotopic (exact) mass is 671 g/mol. The fourth-order valence-electron chi connectivity index (χ4n) is 7.53. The summed E-state index contributed by atoms with van der Waals surface area (Å²) in [5, 5.41) is 7.58. The van der Waals surface area contributed by atoms with Crippen molar-refractivity contribution in [2.24, 2.45) is 9.98 Å². The predicted octanol–water partition coefficient (Wildman–Crippen LogP) is 8.80. The lowest BCUT2D eigenvalue weighted by Crippen LogP contribution is -2.74. The Hall–Kier alpha value is -6.36. The molecule has 0 aliphatic rings. The van der Waals surface area contributed by atoms with E-state index in [-0.39, 0.29) is 0 Å². The second-order valence-electron chi connectivity index (χ2n) is 12.6. The van der Waals surface area contributed by atoms with Crippen molar-refractivity contribution in [2.45, 2.75) is 6.92 Å². The number of benzene rings is 7. The van der Waals surface area contributed by atoms with E-state index in [1.807, 2.05) is 13.0 Å². The van der Waals surface area contributed by atoms with Crippen LogP contribution in [-0.2, 0) is 0 Å². The number of nitrogens with zero attached hydrogens (tertiary/aromatic N) is 3. The lowest BCUT2D eigenvalue weighted by molar-refractivity contribution is 1.22. The maximum atomic E-state index is 5.30. The number of allylic oxidation sites excluding steroid dienone is 1. The standard InChI is InChI=1S/C47H37N3Si/c1-3-44(49-47(48-2)50-45-30-17-16-29-42(45)43-32-31-36(34-46(43)50)35-19-8-4-9-20-35)37-21-18-28-41(33-37)51(38-22-10-5-11-23-38,39-24-12-6-13-25-39)40-26-14-7-15-27-40/h3-34H,2H2,1H3/b44-3-,49-47?. The number of aromatic nitrogens is 1. The molecule has 0 N–H and O–H groups in total. The Morgan fingerprint density at radius 1 is 0.510 bits per heavy atom. The molecule has 8 rings (SSSR count). The molecule has 0 atom stereocenters. The molecule has 0 saturated carbocycles. The zero-order valence-electron chi connectivity index (χ0n) is 28.5. The summed E-state index contributed by atoms with van der Waals surface area (Å²) in [7, 11) is -2.72. The summed E-state index contributed by atoms with van der Waals surface area (Å²) in [6, 6.07) is 67.5. The molecule has 0 fully saturated rings. The largest absolute Gasteiger partial charge is 0.278 e. The van der Waals surface area contributed by atoms with Gasteiger partial charge in [0.05, 0.1) is 16.7 Å². The van der Waals surface area contributed by atoms with Gasteiger partial charge in [-0.2, -0.15) is 0 Å². The molecule has 0 bridgehead atoms. The third-order valence-electron chi connectivity index (χ3n) is 9.83. The van der Waals surface area contributed by atoms with E-state index in [9.17, 15) is 0 Å². The number of aliphatic imine (C=N–C) groups is 2. The highest BCUT2D eigenvalue weighted by atomic mass is 28.3. The van der Waals surface area contributed by atoms with Gasteiger partial charge < -0.3 is 0 Å². The van der Waals surface area contributed by atoms with Crippen LogP contribution in [0.15, 0.2) is 204 Å². The molecule has 8 aromatic rings. The number of fused-ring (bicyclic) bond motifs is 3. The van der Waals surface area contributed by atoms with Gasteiger partial charge >= 0.3 is 0 Å². The first-order valence-electron chi connectivity index (χ1n) is 17.3. The van der Waals surface area contributed by atoms with Crippen LogP contribution in [0.25, 0.3) is 38.6 Å². The van der Waals surface area contributed by atoms with Crippen molar-refractivity contribution in [3.05, 3.63) is 200 Å². The lowest BCUT2D eigenvalue weighted by atomic mass is 10.0. The minimum Gasteiger partial charge on any atom is -0.278 e. The summed E-state index contributed by atoms with van der Waals surface area (Å²) < 4.78 is 2.15. The third-order valence-corrected chi connectivity index (χ3v) is 14.6. The molecule has 3 nitrogen and oxygen atoms in total. The summed E-state index contributed by atoms with van der Waals surface area (Å²) >= 11 is 0. The fraction of sp³-hybridized carbons (Fsp3) is 0.0213. The summed E-state index contributed by atoms with van der Waals surface area (Å²) in [4.78, 5) is 9.89. The summed E-state index contributed by atoms with van der Waals surface area (Å²) in [5.74, 6) is 0.530.